The second kappa shape index (κ2) is 6.46. The van der Waals surface area contributed by atoms with Crippen molar-refractivity contribution in [3.8, 4) is 16.9 Å². The largest absolute Gasteiger partial charge is 0.487 e. The summed E-state index contributed by atoms with van der Waals surface area (Å²) in [6.07, 6.45) is 6.15. The highest BCUT2D eigenvalue weighted by atomic mass is 35.5. The van der Waals surface area contributed by atoms with E-state index in [-0.39, 0.29) is 6.10 Å². The third kappa shape index (κ3) is 3.55. The van der Waals surface area contributed by atoms with Gasteiger partial charge in [-0.25, -0.2) is 0 Å². The lowest BCUT2D eigenvalue weighted by Crippen LogP contribution is -2.36. The van der Waals surface area contributed by atoms with E-state index in [2.05, 4.69) is 17.2 Å². The fraction of sp³-hybridized carbons (Fsp3) is 0.353. The van der Waals surface area contributed by atoms with Gasteiger partial charge in [-0.2, -0.15) is 0 Å². The van der Waals surface area contributed by atoms with Crippen LogP contribution in [0.15, 0.2) is 42.7 Å². The molecule has 1 unspecified atom stereocenters. The Hall–Kier alpha value is -1.58. The van der Waals surface area contributed by atoms with Crippen molar-refractivity contribution >= 4 is 11.6 Å². The Kier molecular flexibility index (Phi) is 4.42. The first-order chi connectivity index (χ1) is 10.2. The van der Waals surface area contributed by atoms with Crippen LogP contribution in [-0.2, 0) is 0 Å². The lowest BCUT2D eigenvalue weighted by Gasteiger charge is -2.21. The molecule has 4 heteroatoms. The van der Waals surface area contributed by atoms with Crippen LogP contribution in [0.3, 0.4) is 0 Å². The molecule has 0 aliphatic carbocycles. The first-order valence-corrected chi connectivity index (χ1v) is 7.71. The Morgan fingerprint density at radius 3 is 2.76 bits per heavy atom. The van der Waals surface area contributed by atoms with Gasteiger partial charge in [-0.1, -0.05) is 23.7 Å². The highest BCUT2D eigenvalue weighted by molar-refractivity contribution is 6.30. The highest BCUT2D eigenvalue weighted by Gasteiger charge is 2.22. The molecule has 1 fully saturated rings. The summed E-state index contributed by atoms with van der Waals surface area (Å²) in [4.78, 5) is 4.28. The van der Waals surface area contributed by atoms with Gasteiger partial charge in [0, 0.05) is 22.8 Å². The van der Waals surface area contributed by atoms with Crippen LogP contribution in [-0.4, -0.2) is 23.7 Å². The quantitative estimate of drug-likeness (QED) is 0.929. The SMILES string of the molecule is CC(Oc1cncc(-c2ccc(Cl)cc2)c1)[C@H]1CCCN1. The lowest BCUT2D eigenvalue weighted by molar-refractivity contribution is 0.179. The molecule has 0 saturated carbocycles. The Labute approximate surface area is 130 Å². The molecule has 0 radical (unpaired) electrons. The van der Waals surface area contributed by atoms with Crippen LogP contribution in [0.5, 0.6) is 5.75 Å². The topological polar surface area (TPSA) is 34.1 Å². The van der Waals surface area contributed by atoms with Gasteiger partial charge in [-0.3, -0.25) is 4.98 Å². The number of rotatable bonds is 4. The molecule has 110 valence electrons. The van der Waals surface area contributed by atoms with Crippen molar-refractivity contribution in [2.75, 3.05) is 6.54 Å². The Balaban J connectivity index is 1.75. The summed E-state index contributed by atoms with van der Waals surface area (Å²) >= 11 is 5.92. The molecular formula is C17H19ClN2O. The highest BCUT2D eigenvalue weighted by Crippen LogP contribution is 2.25. The van der Waals surface area contributed by atoms with Crippen molar-refractivity contribution in [3.63, 3.8) is 0 Å². The van der Waals surface area contributed by atoms with Gasteiger partial charge < -0.3 is 10.1 Å². The maximum absolute atomic E-state index is 6.03. The number of halogens is 1. The Bertz CT molecular complexity index is 594. The molecule has 0 amide bonds. The minimum Gasteiger partial charge on any atom is -0.487 e. The van der Waals surface area contributed by atoms with Crippen LogP contribution in [0.4, 0.5) is 0 Å². The van der Waals surface area contributed by atoms with Crippen molar-refractivity contribution in [2.24, 2.45) is 0 Å². The molecule has 1 aliphatic rings. The molecule has 1 saturated heterocycles. The minimum absolute atomic E-state index is 0.148. The minimum atomic E-state index is 0.148. The molecule has 21 heavy (non-hydrogen) atoms. The third-order valence-electron chi connectivity index (χ3n) is 3.88. The molecule has 1 aromatic carbocycles. The zero-order valence-corrected chi connectivity index (χ0v) is 12.8. The Morgan fingerprint density at radius 2 is 2.05 bits per heavy atom. The summed E-state index contributed by atoms with van der Waals surface area (Å²) in [5.74, 6) is 0.809. The molecule has 0 bridgehead atoms. The van der Waals surface area contributed by atoms with Gasteiger partial charge in [-0.15, -0.1) is 0 Å². The summed E-state index contributed by atoms with van der Waals surface area (Å²) in [6, 6.07) is 10.2. The van der Waals surface area contributed by atoms with E-state index in [1.165, 1.54) is 12.8 Å². The second-order valence-electron chi connectivity index (χ2n) is 5.44. The third-order valence-corrected chi connectivity index (χ3v) is 4.13. The molecule has 3 rings (SSSR count). The maximum atomic E-state index is 6.03. The van der Waals surface area contributed by atoms with Crippen molar-refractivity contribution in [3.05, 3.63) is 47.7 Å². The fourth-order valence-electron chi connectivity index (χ4n) is 2.69. The average Bonchev–Trinajstić information content (AvgIpc) is 3.02. The molecule has 2 aromatic rings. The van der Waals surface area contributed by atoms with E-state index >= 15 is 0 Å². The van der Waals surface area contributed by atoms with Gasteiger partial charge in [0.2, 0.25) is 0 Å². The molecule has 1 N–H and O–H groups in total. The lowest BCUT2D eigenvalue weighted by atomic mass is 10.1. The van der Waals surface area contributed by atoms with E-state index in [1.807, 2.05) is 36.5 Å². The van der Waals surface area contributed by atoms with Crippen molar-refractivity contribution in [1.29, 1.82) is 0 Å². The maximum Gasteiger partial charge on any atom is 0.138 e. The zero-order valence-electron chi connectivity index (χ0n) is 12.1. The number of hydrogen-bond donors (Lipinski definition) is 1. The van der Waals surface area contributed by atoms with Crippen molar-refractivity contribution in [2.45, 2.75) is 31.9 Å². The van der Waals surface area contributed by atoms with Crippen LogP contribution in [0, 0.1) is 0 Å². The van der Waals surface area contributed by atoms with E-state index in [0.29, 0.717) is 6.04 Å². The number of nitrogens with zero attached hydrogens (tertiary/aromatic N) is 1. The van der Waals surface area contributed by atoms with E-state index < -0.39 is 0 Å². The van der Waals surface area contributed by atoms with Crippen molar-refractivity contribution < 1.29 is 4.74 Å². The smallest absolute Gasteiger partial charge is 0.138 e. The first kappa shape index (κ1) is 14.4. The van der Waals surface area contributed by atoms with Gasteiger partial charge in [0.15, 0.2) is 0 Å². The van der Waals surface area contributed by atoms with Gasteiger partial charge in [0.25, 0.3) is 0 Å². The van der Waals surface area contributed by atoms with Gasteiger partial charge in [-0.05, 0) is 50.1 Å². The number of hydrogen-bond acceptors (Lipinski definition) is 3. The fourth-order valence-corrected chi connectivity index (χ4v) is 2.82. The normalized spacial score (nSPS) is 19.4. The molecule has 2 atom stereocenters. The number of ether oxygens (including phenoxy) is 1. The van der Waals surface area contributed by atoms with E-state index in [4.69, 9.17) is 16.3 Å². The van der Waals surface area contributed by atoms with Crippen LogP contribution >= 0.6 is 11.6 Å². The van der Waals surface area contributed by atoms with Crippen LogP contribution in [0.25, 0.3) is 11.1 Å². The first-order valence-electron chi connectivity index (χ1n) is 7.33. The number of pyridine rings is 1. The zero-order chi connectivity index (χ0) is 14.7. The van der Waals surface area contributed by atoms with Crippen LogP contribution in [0.2, 0.25) is 5.02 Å². The van der Waals surface area contributed by atoms with Gasteiger partial charge in [0.1, 0.15) is 11.9 Å². The number of nitrogens with one attached hydrogen (secondary N) is 1. The van der Waals surface area contributed by atoms with E-state index in [9.17, 15) is 0 Å². The summed E-state index contributed by atoms with van der Waals surface area (Å²) in [6.45, 7) is 3.19. The number of aromatic nitrogens is 1. The monoisotopic (exact) mass is 302 g/mol. The Morgan fingerprint density at radius 1 is 1.24 bits per heavy atom. The van der Waals surface area contributed by atoms with Crippen LogP contribution in [0.1, 0.15) is 19.8 Å². The van der Waals surface area contributed by atoms with E-state index in [0.717, 1.165) is 28.4 Å². The standard InChI is InChI=1S/C17H19ClN2O/c1-12(17-3-2-8-20-17)21-16-9-14(10-19-11-16)13-4-6-15(18)7-5-13/h4-7,9-12,17,20H,2-3,8H2,1H3/t12?,17-/m1/s1. The summed E-state index contributed by atoms with van der Waals surface area (Å²) in [5, 5.41) is 4.21. The molecule has 3 nitrogen and oxygen atoms in total. The summed E-state index contributed by atoms with van der Waals surface area (Å²) < 4.78 is 6.03. The predicted molar refractivity (Wildman–Crippen MR) is 85.8 cm³/mol. The molecular weight excluding hydrogens is 284 g/mol. The van der Waals surface area contributed by atoms with E-state index in [1.54, 1.807) is 6.20 Å². The predicted octanol–water partition coefficient (Wildman–Crippen LogP) is 3.92. The van der Waals surface area contributed by atoms with Gasteiger partial charge in [0.05, 0.1) is 6.20 Å². The molecule has 2 heterocycles. The summed E-state index contributed by atoms with van der Waals surface area (Å²) in [7, 11) is 0. The molecule has 1 aromatic heterocycles. The van der Waals surface area contributed by atoms with Crippen LogP contribution < -0.4 is 10.1 Å². The summed E-state index contributed by atoms with van der Waals surface area (Å²) in [5.41, 5.74) is 2.12. The molecule has 1 aliphatic heterocycles. The molecule has 0 spiro atoms. The number of benzene rings is 1. The van der Waals surface area contributed by atoms with Crippen molar-refractivity contribution in [1.82, 2.24) is 10.3 Å². The van der Waals surface area contributed by atoms with Gasteiger partial charge >= 0.3 is 0 Å². The second-order valence-corrected chi connectivity index (χ2v) is 5.88. The average molecular weight is 303 g/mol.